The molecule has 1 aliphatic rings. The molecule has 0 saturated carbocycles. The van der Waals surface area contributed by atoms with Gasteiger partial charge in [-0.05, 0) is 0 Å². The van der Waals surface area contributed by atoms with Gasteiger partial charge in [-0.1, -0.05) is 5.18 Å². The van der Waals surface area contributed by atoms with Crippen molar-refractivity contribution in [3.05, 3.63) is 4.91 Å². The summed E-state index contributed by atoms with van der Waals surface area (Å²) in [5.74, 6) is -0.291. The molecule has 0 radical (unpaired) electrons. The van der Waals surface area contributed by atoms with Crippen LogP contribution >= 0.6 is 0 Å². The first-order valence-corrected chi connectivity index (χ1v) is 4.66. The monoisotopic (exact) mass is 164 g/mol. The molecule has 0 aromatic heterocycles. The van der Waals surface area contributed by atoms with E-state index in [1.807, 2.05) is 0 Å². The molecule has 1 fully saturated rings. The van der Waals surface area contributed by atoms with E-state index in [0.717, 1.165) is 0 Å². The molecule has 2 unspecified atom stereocenters. The van der Waals surface area contributed by atoms with Crippen molar-refractivity contribution in [1.82, 2.24) is 0 Å². The molecule has 0 aliphatic carbocycles. The van der Waals surface area contributed by atoms with Crippen molar-refractivity contribution < 1.29 is 8.42 Å². The number of sulfone groups is 1. The van der Waals surface area contributed by atoms with Crippen LogP contribution in [0, 0.1) is 4.91 Å². The lowest BCUT2D eigenvalue weighted by Gasteiger charge is -2.00. The van der Waals surface area contributed by atoms with Crippen molar-refractivity contribution in [2.45, 2.75) is 12.1 Å². The van der Waals surface area contributed by atoms with Crippen molar-refractivity contribution in [2.24, 2.45) is 10.9 Å². The largest absolute Gasteiger partial charge is 0.325 e. The number of nitrogens with two attached hydrogens (primary N) is 1. The number of nitroso groups, excluding NO2 is 1. The summed E-state index contributed by atoms with van der Waals surface area (Å²) in [5, 5.41) is 2.61. The van der Waals surface area contributed by atoms with Gasteiger partial charge in [-0.2, -0.15) is 4.91 Å². The van der Waals surface area contributed by atoms with Gasteiger partial charge < -0.3 is 5.73 Å². The van der Waals surface area contributed by atoms with Crippen molar-refractivity contribution in [3.8, 4) is 0 Å². The summed E-state index contributed by atoms with van der Waals surface area (Å²) in [6, 6.07) is -1.33. The molecule has 10 heavy (non-hydrogen) atoms. The average Bonchev–Trinajstić information content (AvgIpc) is 2.05. The normalized spacial score (nSPS) is 37.7. The Morgan fingerprint density at radius 1 is 1.40 bits per heavy atom. The highest BCUT2D eigenvalue weighted by Gasteiger charge is 2.36. The highest BCUT2D eigenvalue weighted by molar-refractivity contribution is 7.91. The third-order valence-electron chi connectivity index (χ3n) is 1.50. The van der Waals surface area contributed by atoms with Crippen LogP contribution in [0.25, 0.3) is 0 Å². The van der Waals surface area contributed by atoms with Gasteiger partial charge in [0.2, 0.25) is 0 Å². The van der Waals surface area contributed by atoms with E-state index in [-0.39, 0.29) is 11.5 Å². The Morgan fingerprint density at radius 2 is 2.00 bits per heavy atom. The molecule has 5 nitrogen and oxygen atoms in total. The molecule has 2 atom stereocenters. The second-order valence-corrected chi connectivity index (χ2v) is 4.57. The summed E-state index contributed by atoms with van der Waals surface area (Å²) >= 11 is 0. The Kier molecular flexibility index (Phi) is 1.74. The third kappa shape index (κ3) is 1.32. The van der Waals surface area contributed by atoms with Gasteiger partial charge in [-0.25, -0.2) is 8.42 Å². The van der Waals surface area contributed by atoms with E-state index in [1.54, 1.807) is 0 Å². The van der Waals surface area contributed by atoms with Crippen LogP contribution in [0.2, 0.25) is 0 Å². The second kappa shape index (κ2) is 2.28. The minimum atomic E-state index is -3.08. The SMILES string of the molecule is NC1CS(=O)(=O)CC1N=O. The molecule has 1 saturated heterocycles. The standard InChI is InChI=1S/C4H8N2O3S/c5-3-1-10(8,9)2-4(3)6-7/h3-4H,1-2,5H2. The number of hydrogen-bond acceptors (Lipinski definition) is 5. The molecule has 1 heterocycles. The van der Waals surface area contributed by atoms with E-state index in [9.17, 15) is 13.3 Å². The van der Waals surface area contributed by atoms with Crippen LogP contribution in [0.5, 0.6) is 0 Å². The predicted molar refractivity (Wildman–Crippen MR) is 36.2 cm³/mol. The minimum Gasteiger partial charge on any atom is -0.325 e. The fraction of sp³-hybridized carbons (Fsp3) is 1.00. The molecule has 0 aromatic carbocycles. The Bertz CT molecular complexity index is 235. The van der Waals surface area contributed by atoms with E-state index in [2.05, 4.69) is 5.18 Å². The van der Waals surface area contributed by atoms with E-state index < -0.39 is 21.9 Å². The van der Waals surface area contributed by atoms with Gasteiger partial charge in [0, 0.05) is 6.04 Å². The molecule has 6 heteroatoms. The lowest BCUT2D eigenvalue weighted by Crippen LogP contribution is -2.31. The molecular weight excluding hydrogens is 156 g/mol. The third-order valence-corrected chi connectivity index (χ3v) is 3.24. The first-order chi connectivity index (χ1) is 4.55. The maximum absolute atomic E-state index is 10.7. The van der Waals surface area contributed by atoms with Crippen molar-refractivity contribution in [1.29, 1.82) is 0 Å². The van der Waals surface area contributed by atoms with Crippen LogP contribution in [0.1, 0.15) is 0 Å². The van der Waals surface area contributed by atoms with Gasteiger partial charge >= 0.3 is 0 Å². The van der Waals surface area contributed by atoms with Gasteiger partial charge in [0.1, 0.15) is 6.04 Å². The van der Waals surface area contributed by atoms with Crippen LogP contribution in [0.15, 0.2) is 5.18 Å². The molecule has 1 rings (SSSR count). The highest BCUT2D eigenvalue weighted by atomic mass is 32.2. The molecule has 2 N–H and O–H groups in total. The lowest BCUT2D eigenvalue weighted by atomic mass is 10.2. The maximum atomic E-state index is 10.7. The maximum Gasteiger partial charge on any atom is 0.154 e. The molecular formula is C4H8N2O3S. The van der Waals surface area contributed by atoms with E-state index in [0.29, 0.717) is 0 Å². The summed E-state index contributed by atoms with van der Waals surface area (Å²) in [5.41, 5.74) is 5.29. The topological polar surface area (TPSA) is 89.6 Å². The smallest absolute Gasteiger partial charge is 0.154 e. The molecule has 0 aromatic rings. The number of hydrogen-bond donors (Lipinski definition) is 1. The van der Waals surface area contributed by atoms with Crippen molar-refractivity contribution in [2.75, 3.05) is 11.5 Å². The van der Waals surface area contributed by atoms with Gasteiger partial charge in [-0.15, -0.1) is 0 Å². The molecule has 58 valence electrons. The summed E-state index contributed by atoms with van der Waals surface area (Å²) in [4.78, 5) is 9.91. The highest BCUT2D eigenvalue weighted by Crippen LogP contribution is 2.12. The van der Waals surface area contributed by atoms with Gasteiger partial charge in [0.15, 0.2) is 9.84 Å². The first-order valence-electron chi connectivity index (χ1n) is 2.83. The predicted octanol–water partition coefficient (Wildman–Crippen LogP) is -1.12. The molecule has 0 spiro atoms. The fourth-order valence-corrected chi connectivity index (χ4v) is 2.74. The lowest BCUT2D eigenvalue weighted by molar-refractivity contribution is 0.601. The number of nitrogens with zero attached hydrogens (tertiary/aromatic N) is 1. The van der Waals surface area contributed by atoms with E-state index in [4.69, 9.17) is 5.73 Å². The van der Waals surface area contributed by atoms with E-state index in [1.165, 1.54) is 0 Å². The van der Waals surface area contributed by atoms with E-state index >= 15 is 0 Å². The Balaban J connectivity index is 2.80. The van der Waals surface area contributed by atoms with Gasteiger partial charge in [-0.3, -0.25) is 0 Å². The summed E-state index contributed by atoms with van der Waals surface area (Å²) < 4.78 is 21.5. The Hall–Kier alpha value is -0.490. The summed E-state index contributed by atoms with van der Waals surface area (Å²) in [6.45, 7) is 0. The van der Waals surface area contributed by atoms with Crippen LogP contribution < -0.4 is 5.73 Å². The van der Waals surface area contributed by atoms with Gasteiger partial charge in [0.25, 0.3) is 0 Å². The Labute approximate surface area is 58.5 Å². The second-order valence-electron chi connectivity index (χ2n) is 2.41. The minimum absolute atomic E-state index is 0.108. The zero-order chi connectivity index (χ0) is 7.78. The zero-order valence-corrected chi connectivity index (χ0v) is 6.04. The summed E-state index contributed by atoms with van der Waals surface area (Å²) in [6.07, 6.45) is 0. The van der Waals surface area contributed by atoms with Crippen molar-refractivity contribution in [3.63, 3.8) is 0 Å². The zero-order valence-electron chi connectivity index (χ0n) is 5.23. The number of rotatable bonds is 1. The van der Waals surface area contributed by atoms with Crippen LogP contribution in [-0.4, -0.2) is 32.0 Å². The first kappa shape index (κ1) is 7.62. The van der Waals surface area contributed by atoms with Crippen LogP contribution in [0.4, 0.5) is 0 Å². The van der Waals surface area contributed by atoms with Crippen LogP contribution in [-0.2, 0) is 9.84 Å². The van der Waals surface area contributed by atoms with Crippen molar-refractivity contribution >= 4 is 9.84 Å². The quantitative estimate of drug-likeness (QED) is 0.497. The molecule has 0 amide bonds. The molecule has 1 aliphatic heterocycles. The van der Waals surface area contributed by atoms with Crippen LogP contribution in [0.3, 0.4) is 0 Å². The van der Waals surface area contributed by atoms with Gasteiger partial charge in [0.05, 0.1) is 11.5 Å². The average molecular weight is 164 g/mol. The summed E-state index contributed by atoms with van der Waals surface area (Å²) in [7, 11) is -3.08. The fourth-order valence-electron chi connectivity index (χ4n) is 0.965. The molecule has 0 bridgehead atoms. The Morgan fingerprint density at radius 3 is 2.20 bits per heavy atom.